The van der Waals surface area contributed by atoms with Crippen molar-refractivity contribution in [3.63, 3.8) is 0 Å². The van der Waals surface area contributed by atoms with E-state index in [1.54, 1.807) is 10.9 Å². The Morgan fingerprint density at radius 1 is 1.03 bits per heavy atom. The first-order chi connectivity index (χ1) is 14.5. The van der Waals surface area contributed by atoms with Crippen molar-refractivity contribution in [3.8, 4) is 0 Å². The number of hydrazone groups is 1. The first kappa shape index (κ1) is 20.0. The van der Waals surface area contributed by atoms with E-state index in [-0.39, 0.29) is 5.56 Å². The van der Waals surface area contributed by atoms with E-state index in [2.05, 4.69) is 26.3 Å². The third-order valence-electron chi connectivity index (χ3n) is 4.77. The number of carbonyl (C=O) groups is 1. The third-order valence-corrected chi connectivity index (χ3v) is 5.29. The average Bonchev–Trinajstić information content (AvgIpc) is 3.05. The molecule has 0 saturated carbocycles. The molecule has 0 aromatic heterocycles. The van der Waals surface area contributed by atoms with Gasteiger partial charge in [0.15, 0.2) is 0 Å². The van der Waals surface area contributed by atoms with Crippen molar-refractivity contribution < 1.29 is 19.0 Å². The van der Waals surface area contributed by atoms with Crippen LogP contribution in [0.4, 0.5) is 4.39 Å². The topological polar surface area (TPSA) is 67.5 Å². The fourth-order valence-corrected chi connectivity index (χ4v) is 3.56. The largest absolute Gasteiger partial charge is 0.856 e. The molecule has 2 atom stereocenters. The van der Waals surface area contributed by atoms with E-state index < -0.39 is 29.7 Å². The Morgan fingerprint density at radius 3 is 2.37 bits per heavy atom. The maximum atomic E-state index is 13.2. The molecule has 150 valence electrons. The van der Waals surface area contributed by atoms with Crippen molar-refractivity contribution in [2.75, 3.05) is 0 Å². The number of rotatable bonds is 4. The normalized spacial score (nSPS) is 19.5. The van der Waals surface area contributed by atoms with E-state index in [9.17, 15) is 14.3 Å². The molecule has 1 heterocycles. The van der Waals surface area contributed by atoms with Crippen LogP contribution in [-0.4, -0.2) is 28.7 Å². The van der Waals surface area contributed by atoms with Crippen LogP contribution in [0.15, 0.2) is 88.4 Å². The molecule has 1 aliphatic rings. The van der Waals surface area contributed by atoms with Crippen molar-refractivity contribution in [2.45, 2.75) is 12.1 Å². The minimum absolute atomic E-state index is 0.270. The highest BCUT2D eigenvalue weighted by Gasteiger charge is 2.41. The van der Waals surface area contributed by atoms with Gasteiger partial charge in [0.1, 0.15) is 11.9 Å². The molecule has 7 heteroatoms. The first-order valence-electron chi connectivity index (χ1n) is 9.27. The summed E-state index contributed by atoms with van der Waals surface area (Å²) in [6.45, 7) is 0. The second kappa shape index (κ2) is 8.59. The Kier molecular flexibility index (Phi) is 5.72. The van der Waals surface area contributed by atoms with Crippen LogP contribution in [0.25, 0.3) is 0 Å². The van der Waals surface area contributed by atoms with E-state index in [0.717, 1.165) is 15.6 Å². The Morgan fingerprint density at radius 2 is 1.70 bits per heavy atom. The maximum absolute atomic E-state index is 13.2. The molecular formula is C23H17BrFN3O2. The molecule has 1 aliphatic heterocycles. The summed E-state index contributed by atoms with van der Waals surface area (Å²) in [5, 5.41) is 19.6. The molecule has 3 aromatic carbocycles. The number of nitrogens with one attached hydrogen (secondary N) is 1. The molecule has 0 radical (unpaired) electrons. The zero-order valence-corrected chi connectivity index (χ0v) is 17.3. The van der Waals surface area contributed by atoms with Crippen molar-refractivity contribution >= 4 is 33.9 Å². The highest BCUT2D eigenvalue weighted by molar-refractivity contribution is 9.10. The van der Waals surface area contributed by atoms with Crippen LogP contribution in [0.5, 0.6) is 0 Å². The SMILES string of the molecule is O=C(NC1C([O-])=N[N+](=Cc2ccc(Br)cc2)C1c1ccccc1)c1ccc(F)cc1. The fourth-order valence-electron chi connectivity index (χ4n) is 3.30. The predicted octanol–water partition coefficient (Wildman–Crippen LogP) is 3.25. The summed E-state index contributed by atoms with van der Waals surface area (Å²) in [4.78, 5) is 12.7. The lowest BCUT2D eigenvalue weighted by Crippen LogP contribution is -2.47. The van der Waals surface area contributed by atoms with E-state index in [0.29, 0.717) is 0 Å². The minimum Gasteiger partial charge on any atom is -0.856 e. The summed E-state index contributed by atoms with van der Waals surface area (Å²) in [6.07, 6.45) is 1.77. The number of hydrogen-bond donors (Lipinski definition) is 1. The number of hydrogen-bond acceptors (Lipinski definition) is 3. The van der Waals surface area contributed by atoms with Crippen LogP contribution >= 0.6 is 15.9 Å². The van der Waals surface area contributed by atoms with Gasteiger partial charge in [0.2, 0.25) is 12.3 Å². The average molecular weight is 466 g/mol. The van der Waals surface area contributed by atoms with Gasteiger partial charge in [-0.05, 0) is 53.6 Å². The summed E-state index contributed by atoms with van der Waals surface area (Å²) in [5.74, 6) is -1.35. The van der Waals surface area contributed by atoms with Crippen molar-refractivity contribution in [2.24, 2.45) is 5.10 Å². The smallest absolute Gasteiger partial charge is 0.252 e. The maximum Gasteiger partial charge on any atom is 0.252 e. The van der Waals surface area contributed by atoms with Crippen molar-refractivity contribution in [1.29, 1.82) is 0 Å². The van der Waals surface area contributed by atoms with Gasteiger partial charge in [0, 0.05) is 21.2 Å². The highest BCUT2D eigenvalue weighted by Crippen LogP contribution is 2.27. The Balaban J connectivity index is 1.68. The molecule has 5 nitrogen and oxygen atoms in total. The van der Waals surface area contributed by atoms with E-state index in [4.69, 9.17) is 0 Å². The van der Waals surface area contributed by atoms with Crippen LogP contribution in [0.1, 0.15) is 27.5 Å². The lowest BCUT2D eigenvalue weighted by Gasteiger charge is -2.20. The molecule has 1 N–H and O–H groups in total. The molecule has 3 aromatic rings. The van der Waals surface area contributed by atoms with Gasteiger partial charge in [-0.2, -0.15) is 0 Å². The molecule has 1 amide bonds. The summed E-state index contributed by atoms with van der Waals surface area (Å²) in [6, 6.07) is 20.8. The lowest BCUT2D eigenvalue weighted by molar-refractivity contribution is -0.565. The van der Waals surface area contributed by atoms with E-state index in [1.165, 1.54) is 24.3 Å². The summed E-state index contributed by atoms with van der Waals surface area (Å²) >= 11 is 3.40. The van der Waals surface area contributed by atoms with Gasteiger partial charge < -0.3 is 10.4 Å². The molecular weight excluding hydrogens is 449 g/mol. The van der Waals surface area contributed by atoms with Crippen LogP contribution in [-0.2, 0) is 0 Å². The lowest BCUT2D eigenvalue weighted by atomic mass is 9.99. The molecule has 0 aliphatic carbocycles. The summed E-state index contributed by atoms with van der Waals surface area (Å²) < 4.78 is 15.7. The molecule has 0 fully saturated rings. The van der Waals surface area contributed by atoms with Crippen molar-refractivity contribution in [3.05, 3.63) is 106 Å². The van der Waals surface area contributed by atoms with E-state index >= 15 is 0 Å². The number of halogens is 2. The van der Waals surface area contributed by atoms with Gasteiger partial charge >= 0.3 is 0 Å². The quantitative estimate of drug-likeness (QED) is 0.600. The van der Waals surface area contributed by atoms with Gasteiger partial charge in [-0.1, -0.05) is 50.9 Å². The van der Waals surface area contributed by atoms with Crippen LogP contribution < -0.4 is 10.4 Å². The highest BCUT2D eigenvalue weighted by atomic mass is 79.9. The van der Waals surface area contributed by atoms with Gasteiger partial charge in [0.05, 0.1) is 5.90 Å². The van der Waals surface area contributed by atoms with Crippen LogP contribution in [0, 0.1) is 5.82 Å². The molecule has 0 bridgehead atoms. The Labute approximate surface area is 181 Å². The van der Waals surface area contributed by atoms with Gasteiger partial charge in [-0.25, -0.2) is 4.39 Å². The van der Waals surface area contributed by atoms with Gasteiger partial charge in [-0.3, -0.25) is 4.79 Å². The first-order valence-corrected chi connectivity index (χ1v) is 10.1. The van der Waals surface area contributed by atoms with Crippen molar-refractivity contribution in [1.82, 2.24) is 5.32 Å². The molecule has 0 saturated heterocycles. The Bertz CT molecular complexity index is 1110. The molecule has 0 spiro atoms. The minimum atomic E-state index is -0.878. The zero-order chi connectivity index (χ0) is 21.1. The number of nitrogens with zero attached hydrogens (tertiary/aromatic N) is 2. The second-order valence-corrected chi connectivity index (χ2v) is 7.73. The zero-order valence-electron chi connectivity index (χ0n) is 15.7. The molecule has 30 heavy (non-hydrogen) atoms. The van der Waals surface area contributed by atoms with Crippen LogP contribution in [0.3, 0.4) is 0 Å². The van der Waals surface area contributed by atoms with E-state index in [1.807, 2.05) is 54.6 Å². The monoisotopic (exact) mass is 465 g/mol. The van der Waals surface area contributed by atoms with Crippen LogP contribution in [0.2, 0.25) is 0 Å². The number of amides is 1. The van der Waals surface area contributed by atoms with Gasteiger partial charge in [-0.15, -0.1) is 0 Å². The molecule has 4 rings (SSSR count). The molecule has 2 unspecified atom stereocenters. The predicted molar refractivity (Wildman–Crippen MR) is 114 cm³/mol. The van der Waals surface area contributed by atoms with Gasteiger partial charge in [0.25, 0.3) is 5.91 Å². The third kappa shape index (κ3) is 4.31. The number of benzene rings is 3. The standard InChI is InChI=1S/C23H17BrFN3O2/c24-18-10-6-15(7-11-18)14-28-21(16-4-2-1-3-5-16)20(23(30)27-28)26-22(29)17-8-12-19(25)13-9-17/h1-14,20-21H,(H-,26,27,29,30). The summed E-state index contributed by atoms with van der Waals surface area (Å²) in [7, 11) is 0. The Hall–Kier alpha value is -3.32. The summed E-state index contributed by atoms with van der Waals surface area (Å²) in [5.41, 5.74) is 1.97. The fraction of sp³-hybridized carbons (Fsp3) is 0.0870. The second-order valence-electron chi connectivity index (χ2n) is 6.81. The number of carbonyl (C=O) groups excluding carboxylic acids is 1.